The van der Waals surface area contributed by atoms with Gasteiger partial charge in [-0.3, -0.25) is 9.59 Å². The second-order valence-corrected chi connectivity index (χ2v) is 8.80. The number of hydrogen-bond acceptors (Lipinski definition) is 6. The first kappa shape index (κ1) is 19.2. The van der Waals surface area contributed by atoms with Crippen LogP contribution in [-0.4, -0.2) is 26.8 Å². The van der Waals surface area contributed by atoms with Crippen molar-refractivity contribution in [1.29, 1.82) is 0 Å². The molecule has 8 nitrogen and oxygen atoms in total. The molecule has 30 heavy (non-hydrogen) atoms. The third-order valence-corrected chi connectivity index (χ3v) is 6.54. The first-order valence-electron chi connectivity index (χ1n) is 10.4. The number of carbonyl (C=O) groups is 2. The molecule has 2 fully saturated rings. The third kappa shape index (κ3) is 3.29. The molecular formula is C21H23ClN6O2. The number of aromatic nitrogens is 3. The molecule has 0 unspecified atom stereocenters. The third-order valence-electron chi connectivity index (χ3n) is 6.18. The Kier molecular flexibility index (Phi) is 4.61. The maximum atomic E-state index is 12.6. The summed E-state index contributed by atoms with van der Waals surface area (Å²) in [4.78, 5) is 37.8. The summed E-state index contributed by atoms with van der Waals surface area (Å²) in [6, 6.07) is 1.82. The molecule has 0 saturated heterocycles. The highest BCUT2D eigenvalue weighted by molar-refractivity contribution is 6.35. The molecule has 0 aromatic carbocycles. The molecular weight excluding hydrogens is 404 g/mol. The lowest BCUT2D eigenvalue weighted by atomic mass is 9.79. The number of rotatable bonds is 4. The normalized spacial score (nSPS) is 19.3. The lowest BCUT2D eigenvalue weighted by molar-refractivity contribution is -0.117. The van der Waals surface area contributed by atoms with Gasteiger partial charge in [-0.25, -0.2) is 15.0 Å². The fraction of sp³-hybridized carbons (Fsp3) is 0.476. The van der Waals surface area contributed by atoms with Gasteiger partial charge in [0.05, 0.1) is 16.8 Å². The van der Waals surface area contributed by atoms with E-state index in [9.17, 15) is 9.59 Å². The van der Waals surface area contributed by atoms with Crippen molar-refractivity contribution >= 4 is 40.9 Å². The molecule has 1 aliphatic heterocycles. The number of nitrogens with zero attached hydrogens (tertiary/aromatic N) is 3. The largest absolute Gasteiger partial charge is 0.341 e. The van der Waals surface area contributed by atoms with Crippen LogP contribution in [0.4, 0.5) is 17.5 Å². The fourth-order valence-corrected chi connectivity index (χ4v) is 4.65. The van der Waals surface area contributed by atoms with Crippen LogP contribution in [0.25, 0.3) is 0 Å². The van der Waals surface area contributed by atoms with Gasteiger partial charge in [-0.1, -0.05) is 30.9 Å². The van der Waals surface area contributed by atoms with E-state index in [0.717, 1.165) is 49.8 Å². The molecule has 2 aromatic rings. The minimum absolute atomic E-state index is 0.0465. The average molecular weight is 427 g/mol. The summed E-state index contributed by atoms with van der Waals surface area (Å²) >= 11 is 6.45. The molecule has 2 aromatic heterocycles. The van der Waals surface area contributed by atoms with Crippen LogP contribution in [0.2, 0.25) is 5.02 Å². The zero-order valence-corrected chi connectivity index (χ0v) is 17.5. The molecule has 156 valence electrons. The highest BCUT2D eigenvalue weighted by Gasteiger charge is 2.45. The van der Waals surface area contributed by atoms with Crippen molar-refractivity contribution in [2.75, 3.05) is 10.6 Å². The van der Waals surface area contributed by atoms with E-state index < -0.39 is 0 Å². The number of halogens is 1. The predicted molar refractivity (Wildman–Crippen MR) is 113 cm³/mol. The van der Waals surface area contributed by atoms with Gasteiger partial charge in [0, 0.05) is 5.92 Å². The summed E-state index contributed by atoms with van der Waals surface area (Å²) in [5, 5.41) is 9.35. The Bertz CT molecular complexity index is 1050. The van der Waals surface area contributed by atoms with Gasteiger partial charge in [0.15, 0.2) is 11.6 Å². The smallest absolute Gasteiger partial charge is 0.254 e. The summed E-state index contributed by atoms with van der Waals surface area (Å²) in [7, 11) is 0. The van der Waals surface area contributed by atoms with Crippen LogP contribution in [0, 0.1) is 12.8 Å². The minimum Gasteiger partial charge on any atom is -0.341 e. The van der Waals surface area contributed by atoms with Crippen molar-refractivity contribution in [3.63, 3.8) is 0 Å². The van der Waals surface area contributed by atoms with E-state index in [1.54, 1.807) is 0 Å². The Labute approximate surface area is 179 Å². The zero-order valence-electron chi connectivity index (χ0n) is 16.7. The number of hydrogen-bond donors (Lipinski definition) is 3. The van der Waals surface area contributed by atoms with Crippen LogP contribution in [0.3, 0.4) is 0 Å². The molecule has 5 rings (SSSR count). The molecule has 1 spiro atoms. The lowest BCUT2D eigenvalue weighted by Crippen LogP contribution is -2.41. The van der Waals surface area contributed by atoms with E-state index in [4.69, 9.17) is 16.6 Å². The SMILES string of the molecule is Cc1cc(Nc2ncnc(NC(=O)C3CC3)c2Cl)nc2c1C(=O)NC21CCCCC1. The molecule has 3 aliphatic rings. The van der Waals surface area contributed by atoms with Crippen LogP contribution in [0.15, 0.2) is 12.4 Å². The van der Waals surface area contributed by atoms with Crippen LogP contribution >= 0.6 is 11.6 Å². The van der Waals surface area contributed by atoms with Crippen molar-refractivity contribution in [3.05, 3.63) is 34.2 Å². The van der Waals surface area contributed by atoms with Gasteiger partial charge >= 0.3 is 0 Å². The number of anilines is 3. The Hall–Kier alpha value is -2.74. The maximum absolute atomic E-state index is 12.6. The van der Waals surface area contributed by atoms with Crippen LogP contribution in [0.5, 0.6) is 0 Å². The Morgan fingerprint density at radius 1 is 1.20 bits per heavy atom. The minimum atomic E-state index is -0.383. The number of fused-ring (bicyclic) bond motifs is 2. The van der Waals surface area contributed by atoms with E-state index in [1.165, 1.54) is 12.7 Å². The number of amides is 2. The number of aryl methyl sites for hydroxylation is 1. The molecule has 2 amide bonds. The lowest BCUT2D eigenvalue weighted by Gasteiger charge is -2.33. The molecule has 0 atom stereocenters. The van der Waals surface area contributed by atoms with E-state index in [0.29, 0.717) is 17.2 Å². The second-order valence-electron chi connectivity index (χ2n) is 8.42. The van der Waals surface area contributed by atoms with Crippen molar-refractivity contribution in [3.8, 4) is 0 Å². The van der Waals surface area contributed by atoms with Crippen molar-refractivity contribution in [1.82, 2.24) is 20.3 Å². The topological polar surface area (TPSA) is 109 Å². The van der Waals surface area contributed by atoms with E-state index in [2.05, 4.69) is 25.9 Å². The summed E-state index contributed by atoms with van der Waals surface area (Å²) < 4.78 is 0. The number of pyridine rings is 1. The first-order chi connectivity index (χ1) is 14.5. The monoisotopic (exact) mass is 426 g/mol. The van der Waals surface area contributed by atoms with Gasteiger partial charge in [-0.15, -0.1) is 0 Å². The van der Waals surface area contributed by atoms with Gasteiger partial charge in [0.2, 0.25) is 5.91 Å². The van der Waals surface area contributed by atoms with Crippen molar-refractivity contribution in [2.24, 2.45) is 5.92 Å². The summed E-state index contributed by atoms with van der Waals surface area (Å²) in [5.74, 6) is 1.13. The summed E-state index contributed by atoms with van der Waals surface area (Å²) in [5.41, 5.74) is 1.96. The first-order valence-corrected chi connectivity index (χ1v) is 10.8. The van der Waals surface area contributed by atoms with Crippen LogP contribution in [-0.2, 0) is 10.3 Å². The second kappa shape index (κ2) is 7.19. The summed E-state index contributed by atoms with van der Waals surface area (Å²) in [6.07, 6.45) is 8.25. The van der Waals surface area contributed by atoms with Crippen LogP contribution < -0.4 is 16.0 Å². The quantitative estimate of drug-likeness (QED) is 0.685. The van der Waals surface area contributed by atoms with Gasteiger partial charge in [-0.05, 0) is 44.2 Å². The zero-order chi connectivity index (χ0) is 20.9. The molecule has 9 heteroatoms. The summed E-state index contributed by atoms with van der Waals surface area (Å²) in [6.45, 7) is 1.91. The average Bonchev–Trinajstić information content (AvgIpc) is 3.53. The highest BCUT2D eigenvalue weighted by Crippen LogP contribution is 2.43. The van der Waals surface area contributed by atoms with Crippen molar-refractivity contribution in [2.45, 2.75) is 57.4 Å². The highest BCUT2D eigenvalue weighted by atomic mass is 35.5. The Balaban J connectivity index is 1.46. The molecule has 3 N–H and O–H groups in total. The maximum Gasteiger partial charge on any atom is 0.254 e. The molecule has 0 bridgehead atoms. The molecule has 2 aliphatic carbocycles. The predicted octanol–water partition coefficient (Wildman–Crippen LogP) is 3.83. The van der Waals surface area contributed by atoms with Gasteiger partial charge in [-0.2, -0.15) is 0 Å². The van der Waals surface area contributed by atoms with E-state index in [1.807, 2.05) is 13.0 Å². The number of nitrogens with one attached hydrogen (secondary N) is 3. The molecule has 3 heterocycles. The molecule has 2 saturated carbocycles. The fourth-order valence-electron chi connectivity index (χ4n) is 4.46. The van der Waals surface area contributed by atoms with E-state index >= 15 is 0 Å². The number of carbonyl (C=O) groups excluding carboxylic acids is 2. The van der Waals surface area contributed by atoms with Gasteiger partial charge in [0.1, 0.15) is 17.2 Å². The van der Waals surface area contributed by atoms with Gasteiger partial charge < -0.3 is 16.0 Å². The standard InChI is InChI=1S/C21H23ClN6O2/c1-11-9-13(25-16-14(11)20(30)28-21(16)7-3-2-4-8-21)26-17-15(22)18(24-10-23-17)27-19(29)12-5-6-12/h9-10,12H,2-8H2,1H3,(H,28,30)(H2,23,24,25,26,27,29). The van der Waals surface area contributed by atoms with E-state index in [-0.39, 0.29) is 34.1 Å². The van der Waals surface area contributed by atoms with Gasteiger partial charge in [0.25, 0.3) is 5.91 Å². The Morgan fingerprint density at radius 2 is 1.93 bits per heavy atom. The van der Waals surface area contributed by atoms with Crippen molar-refractivity contribution < 1.29 is 9.59 Å². The molecule has 0 radical (unpaired) electrons. The Morgan fingerprint density at radius 3 is 2.67 bits per heavy atom. The van der Waals surface area contributed by atoms with Crippen LogP contribution in [0.1, 0.15) is 66.6 Å².